The van der Waals surface area contributed by atoms with Gasteiger partial charge in [-0.05, 0) is 42.7 Å². The highest BCUT2D eigenvalue weighted by Gasteiger charge is 2.12. The predicted octanol–water partition coefficient (Wildman–Crippen LogP) is 4.60. The van der Waals surface area contributed by atoms with E-state index in [0.717, 1.165) is 38.3 Å². The maximum absolute atomic E-state index is 11.9. The molecule has 0 fully saturated rings. The Hall–Kier alpha value is -2.86. The summed E-state index contributed by atoms with van der Waals surface area (Å²) in [5.41, 5.74) is 4.23. The van der Waals surface area contributed by atoms with Gasteiger partial charge in [-0.2, -0.15) is 0 Å². The molecule has 2 heterocycles. The Balaban J connectivity index is 1.73. The lowest BCUT2D eigenvalue weighted by Gasteiger charge is -2.09. The molecule has 0 atom stereocenters. The fraction of sp³-hybridized carbons (Fsp3) is 0.190. The Labute approximate surface area is 160 Å². The van der Waals surface area contributed by atoms with Crippen molar-refractivity contribution in [1.82, 2.24) is 9.97 Å². The van der Waals surface area contributed by atoms with E-state index in [2.05, 4.69) is 4.98 Å². The van der Waals surface area contributed by atoms with Gasteiger partial charge in [0.25, 0.3) is 0 Å². The predicted molar refractivity (Wildman–Crippen MR) is 107 cm³/mol. The molecule has 0 saturated carbocycles. The Morgan fingerprint density at radius 2 is 1.81 bits per heavy atom. The van der Waals surface area contributed by atoms with Crippen molar-refractivity contribution >= 4 is 33.8 Å². The minimum Gasteiger partial charge on any atom is -0.508 e. The molecule has 136 valence electrons. The van der Waals surface area contributed by atoms with Crippen LogP contribution in [0.3, 0.4) is 0 Å². The molecule has 5 nitrogen and oxygen atoms in total. The van der Waals surface area contributed by atoms with Gasteiger partial charge in [-0.25, -0.2) is 14.8 Å². The van der Waals surface area contributed by atoms with Crippen LogP contribution in [0.4, 0.5) is 0 Å². The lowest BCUT2D eigenvalue weighted by Crippen LogP contribution is -2.01. The van der Waals surface area contributed by atoms with Crippen molar-refractivity contribution in [3.63, 3.8) is 0 Å². The van der Waals surface area contributed by atoms with E-state index in [1.54, 1.807) is 0 Å². The lowest BCUT2D eigenvalue weighted by atomic mass is 10.1. The van der Waals surface area contributed by atoms with Gasteiger partial charge in [-0.15, -0.1) is 0 Å². The summed E-state index contributed by atoms with van der Waals surface area (Å²) >= 11 is 1.54. The fourth-order valence-electron chi connectivity index (χ4n) is 3.06. The molecule has 0 radical (unpaired) electrons. The Bertz CT molecular complexity index is 1220. The van der Waals surface area contributed by atoms with Crippen molar-refractivity contribution < 1.29 is 9.52 Å². The summed E-state index contributed by atoms with van der Waals surface area (Å²) in [6.45, 7) is 3.91. The Morgan fingerprint density at radius 1 is 1.07 bits per heavy atom. The molecule has 0 bridgehead atoms. The van der Waals surface area contributed by atoms with Crippen molar-refractivity contribution in [2.24, 2.45) is 0 Å². The summed E-state index contributed by atoms with van der Waals surface area (Å²) in [7, 11) is 0. The molecule has 0 unspecified atom stereocenters. The molecule has 4 aromatic rings. The van der Waals surface area contributed by atoms with Gasteiger partial charge in [-0.3, -0.25) is 0 Å². The maximum Gasteiger partial charge on any atom is 0.336 e. The number of para-hydroxylation sites is 2. The molecule has 0 amide bonds. The van der Waals surface area contributed by atoms with Crippen LogP contribution in [-0.2, 0) is 12.2 Å². The summed E-state index contributed by atoms with van der Waals surface area (Å²) in [5, 5.41) is 11.7. The van der Waals surface area contributed by atoms with E-state index >= 15 is 0 Å². The molecule has 6 heteroatoms. The number of hydrogen-bond acceptors (Lipinski definition) is 6. The van der Waals surface area contributed by atoms with Crippen molar-refractivity contribution in [3.8, 4) is 5.75 Å². The number of aryl methyl sites for hydroxylation is 2. The van der Waals surface area contributed by atoms with Crippen LogP contribution in [-0.4, -0.2) is 15.1 Å². The summed E-state index contributed by atoms with van der Waals surface area (Å²) in [5.74, 6) is 0.707. The van der Waals surface area contributed by atoms with Crippen molar-refractivity contribution in [2.45, 2.75) is 31.0 Å². The fourth-order valence-corrected chi connectivity index (χ4v) is 4.01. The van der Waals surface area contributed by atoms with Gasteiger partial charge in [0.15, 0.2) is 0 Å². The molecule has 0 aliphatic heterocycles. The van der Waals surface area contributed by atoms with Gasteiger partial charge < -0.3 is 9.52 Å². The highest BCUT2D eigenvalue weighted by molar-refractivity contribution is 7.98. The average molecular weight is 378 g/mol. The summed E-state index contributed by atoms with van der Waals surface area (Å²) in [6.07, 6.45) is 0.697. The molecule has 2 aromatic carbocycles. The number of phenolic OH excluding ortho intramolecular Hbond substituents is 1. The van der Waals surface area contributed by atoms with Crippen LogP contribution in [0.5, 0.6) is 5.75 Å². The molecule has 0 aliphatic rings. The molecule has 0 spiro atoms. The van der Waals surface area contributed by atoms with E-state index in [9.17, 15) is 9.90 Å². The maximum atomic E-state index is 11.9. The number of fused-ring (bicyclic) bond motifs is 2. The first-order valence-corrected chi connectivity index (χ1v) is 9.68. The normalized spacial score (nSPS) is 11.3. The van der Waals surface area contributed by atoms with Crippen LogP contribution in [0.25, 0.3) is 22.0 Å². The number of aromatic hydroxyl groups is 1. The number of rotatable bonds is 4. The third-order valence-electron chi connectivity index (χ3n) is 4.48. The van der Waals surface area contributed by atoms with E-state index in [4.69, 9.17) is 9.40 Å². The molecular weight excluding hydrogens is 360 g/mol. The van der Waals surface area contributed by atoms with Crippen LogP contribution in [0.1, 0.15) is 23.7 Å². The van der Waals surface area contributed by atoms with Crippen molar-refractivity contribution in [3.05, 3.63) is 69.7 Å². The van der Waals surface area contributed by atoms with Crippen LogP contribution in [0.2, 0.25) is 0 Å². The molecule has 0 saturated heterocycles. The number of hydrogen-bond donors (Lipinski definition) is 1. The van der Waals surface area contributed by atoms with E-state index in [-0.39, 0.29) is 5.75 Å². The Morgan fingerprint density at radius 3 is 2.56 bits per heavy atom. The SMILES string of the molecule is CCc1cc2c(CSc3nc4ccccc4nc3C)cc(=O)oc2cc1O. The molecule has 1 N–H and O–H groups in total. The second kappa shape index (κ2) is 7.04. The monoisotopic (exact) mass is 378 g/mol. The second-order valence-electron chi connectivity index (χ2n) is 6.31. The number of nitrogens with zero attached hydrogens (tertiary/aromatic N) is 2. The van der Waals surface area contributed by atoms with Gasteiger partial charge in [-0.1, -0.05) is 30.8 Å². The van der Waals surface area contributed by atoms with E-state index in [1.807, 2.05) is 44.2 Å². The number of thioether (sulfide) groups is 1. The second-order valence-corrected chi connectivity index (χ2v) is 7.28. The number of phenols is 1. The first-order valence-electron chi connectivity index (χ1n) is 8.70. The topological polar surface area (TPSA) is 76.2 Å². The first kappa shape index (κ1) is 17.5. The summed E-state index contributed by atoms with van der Waals surface area (Å²) in [6, 6.07) is 12.7. The van der Waals surface area contributed by atoms with Crippen LogP contribution >= 0.6 is 11.8 Å². The van der Waals surface area contributed by atoms with E-state index in [0.29, 0.717) is 17.8 Å². The van der Waals surface area contributed by atoms with Gasteiger partial charge >= 0.3 is 5.63 Å². The number of aromatic nitrogens is 2. The average Bonchev–Trinajstić information content (AvgIpc) is 2.65. The van der Waals surface area contributed by atoms with E-state index in [1.165, 1.54) is 23.9 Å². The molecule has 0 aliphatic carbocycles. The van der Waals surface area contributed by atoms with Crippen LogP contribution in [0.15, 0.2) is 56.7 Å². The summed E-state index contributed by atoms with van der Waals surface area (Å²) in [4.78, 5) is 21.2. The highest BCUT2D eigenvalue weighted by atomic mass is 32.2. The quantitative estimate of drug-likeness (QED) is 0.413. The van der Waals surface area contributed by atoms with Gasteiger partial charge in [0.2, 0.25) is 0 Å². The largest absolute Gasteiger partial charge is 0.508 e. The lowest BCUT2D eigenvalue weighted by molar-refractivity contribution is 0.466. The zero-order chi connectivity index (χ0) is 19.0. The van der Waals surface area contributed by atoms with Crippen molar-refractivity contribution in [2.75, 3.05) is 0 Å². The minimum atomic E-state index is -0.428. The van der Waals surface area contributed by atoms with Gasteiger partial charge in [0.1, 0.15) is 16.4 Å². The van der Waals surface area contributed by atoms with Crippen molar-refractivity contribution in [1.29, 1.82) is 0 Å². The summed E-state index contributed by atoms with van der Waals surface area (Å²) < 4.78 is 5.26. The number of benzene rings is 2. The van der Waals surface area contributed by atoms with E-state index < -0.39 is 5.63 Å². The molecule has 2 aromatic heterocycles. The smallest absolute Gasteiger partial charge is 0.336 e. The first-order chi connectivity index (χ1) is 13.0. The standard InChI is InChI=1S/C21H18N2O3S/c1-3-13-8-15-14(9-20(25)26-19(15)10-18(13)24)11-27-21-12(2)22-16-6-4-5-7-17(16)23-21/h4-10,24H,3,11H2,1-2H3. The third kappa shape index (κ3) is 3.40. The minimum absolute atomic E-state index is 0.147. The van der Waals surface area contributed by atoms with Crippen LogP contribution < -0.4 is 5.63 Å². The van der Waals surface area contributed by atoms with Crippen LogP contribution in [0, 0.1) is 6.92 Å². The zero-order valence-corrected chi connectivity index (χ0v) is 15.8. The highest BCUT2D eigenvalue weighted by Crippen LogP contribution is 2.31. The molecular formula is C21H18N2O3S. The molecule has 4 rings (SSSR count). The van der Waals surface area contributed by atoms with Gasteiger partial charge in [0, 0.05) is 23.3 Å². The zero-order valence-electron chi connectivity index (χ0n) is 15.0. The van der Waals surface area contributed by atoms with Gasteiger partial charge in [0.05, 0.1) is 16.7 Å². The molecule has 27 heavy (non-hydrogen) atoms. The third-order valence-corrected chi connectivity index (χ3v) is 5.59. The Kier molecular flexibility index (Phi) is 4.58.